The van der Waals surface area contributed by atoms with Gasteiger partial charge >= 0.3 is 5.97 Å². The predicted octanol–water partition coefficient (Wildman–Crippen LogP) is 4.84. The van der Waals surface area contributed by atoms with Gasteiger partial charge in [-0.15, -0.1) is 11.3 Å². The third kappa shape index (κ3) is 6.40. The second kappa shape index (κ2) is 11.6. The number of H-pyrrole nitrogens is 1. The van der Waals surface area contributed by atoms with Crippen LogP contribution in [0.5, 0.6) is 0 Å². The average Bonchev–Trinajstić information content (AvgIpc) is 3.61. The number of aromatic amines is 1. The number of hydrogen-bond donors (Lipinski definition) is 4. The zero-order valence-electron chi connectivity index (χ0n) is 22.7. The van der Waals surface area contributed by atoms with E-state index in [1.807, 2.05) is 50.4 Å². The normalized spacial score (nSPS) is 17.4. The summed E-state index contributed by atoms with van der Waals surface area (Å²) in [5.74, 6) is -0.669. The molecule has 0 radical (unpaired) electrons. The van der Waals surface area contributed by atoms with Crippen molar-refractivity contribution in [2.45, 2.75) is 45.3 Å². The highest BCUT2D eigenvalue weighted by atomic mass is 32.1. The number of carbonyl (C=O) groups excluding carboxylic acids is 3. The van der Waals surface area contributed by atoms with E-state index in [2.05, 4.69) is 26.1 Å². The van der Waals surface area contributed by atoms with Gasteiger partial charge in [0.15, 0.2) is 5.82 Å². The van der Waals surface area contributed by atoms with E-state index >= 15 is 0 Å². The maximum Gasteiger partial charge on any atom is 0.311 e. The molecule has 2 amide bonds. The van der Waals surface area contributed by atoms with Crippen LogP contribution >= 0.6 is 11.3 Å². The van der Waals surface area contributed by atoms with Crippen molar-refractivity contribution in [2.75, 3.05) is 18.4 Å². The maximum atomic E-state index is 13.1. The molecule has 0 aliphatic carbocycles. The van der Waals surface area contributed by atoms with Gasteiger partial charge in [0, 0.05) is 27.9 Å². The number of rotatable bonds is 7. The number of fused-ring (bicyclic) bond motifs is 1. The maximum absolute atomic E-state index is 13.1. The lowest BCUT2D eigenvalue weighted by molar-refractivity contribution is -0.161. The third-order valence-corrected chi connectivity index (χ3v) is 7.73. The molecule has 5 rings (SSSR count). The Balaban J connectivity index is 1.27. The van der Waals surface area contributed by atoms with Crippen molar-refractivity contribution in [3.05, 3.63) is 81.5 Å². The van der Waals surface area contributed by atoms with Gasteiger partial charge in [0.1, 0.15) is 5.60 Å². The van der Waals surface area contributed by atoms with Crippen LogP contribution in [0.2, 0.25) is 0 Å². The minimum Gasteiger partial charge on any atom is -0.460 e. The number of anilines is 1. The Labute approximate surface area is 236 Å². The lowest BCUT2D eigenvalue weighted by Crippen LogP contribution is -2.42. The monoisotopic (exact) mass is 559 g/mol. The van der Waals surface area contributed by atoms with Gasteiger partial charge in [-0.2, -0.15) is 5.10 Å². The fraction of sp³-hybridized carbons (Fsp3) is 0.333. The molecule has 0 spiro atoms. The Morgan fingerprint density at radius 1 is 1.05 bits per heavy atom. The molecule has 1 saturated heterocycles. The van der Waals surface area contributed by atoms with Crippen LogP contribution in [0.15, 0.2) is 60.0 Å². The molecule has 4 N–H and O–H groups in total. The van der Waals surface area contributed by atoms with E-state index < -0.39 is 5.60 Å². The molecule has 9 nitrogen and oxygen atoms in total. The summed E-state index contributed by atoms with van der Waals surface area (Å²) in [5, 5.41) is 18.8. The fourth-order valence-electron chi connectivity index (χ4n) is 4.88. The molecule has 2 atom stereocenters. The standard InChI is InChI=1S/C30H33N5O4S/c1-30(2,3)39-29(38)24-17-31-13-12-22(24)18-6-8-19(9-7-18)28(37)33-26-23-15-20(10-11-25(23)34-35-26)27(36)32-16-21-5-4-14-40-21/h4-11,14-15,22,24,31H,12-13,16-17H2,1-3H3,(H,32,36)(H2,33,34,35,37). The van der Waals surface area contributed by atoms with Crippen molar-refractivity contribution < 1.29 is 19.1 Å². The van der Waals surface area contributed by atoms with Gasteiger partial charge in [-0.05, 0) is 87.0 Å². The molecule has 2 aromatic heterocycles. The highest BCUT2D eigenvalue weighted by Gasteiger charge is 2.35. The number of carbonyl (C=O) groups is 3. The van der Waals surface area contributed by atoms with E-state index in [1.54, 1.807) is 41.7 Å². The van der Waals surface area contributed by atoms with Gasteiger partial charge in [0.25, 0.3) is 11.8 Å². The van der Waals surface area contributed by atoms with Crippen LogP contribution < -0.4 is 16.0 Å². The molecule has 0 saturated carbocycles. The SMILES string of the molecule is CC(C)(C)OC(=O)C1CNCCC1c1ccc(C(=O)Nc2n[nH]c3ccc(C(=O)NCc4cccs4)cc23)cc1. The van der Waals surface area contributed by atoms with Crippen molar-refractivity contribution in [1.82, 2.24) is 20.8 Å². The number of nitrogens with one attached hydrogen (secondary N) is 4. The van der Waals surface area contributed by atoms with Crippen LogP contribution in [0, 0.1) is 5.92 Å². The summed E-state index contributed by atoms with van der Waals surface area (Å²) in [6, 6.07) is 16.5. The molecule has 1 aliphatic heterocycles. The molecule has 2 aromatic carbocycles. The minimum absolute atomic E-state index is 0.00730. The molecule has 0 bridgehead atoms. The number of benzene rings is 2. The Kier molecular flexibility index (Phi) is 7.99. The second-order valence-corrected chi connectivity index (χ2v) is 11.9. The average molecular weight is 560 g/mol. The van der Waals surface area contributed by atoms with E-state index in [1.165, 1.54) is 0 Å². The van der Waals surface area contributed by atoms with Gasteiger partial charge < -0.3 is 20.7 Å². The summed E-state index contributed by atoms with van der Waals surface area (Å²) in [7, 11) is 0. The highest BCUT2D eigenvalue weighted by molar-refractivity contribution is 7.09. The van der Waals surface area contributed by atoms with Crippen LogP contribution in [0.1, 0.15) is 64.3 Å². The molecule has 1 fully saturated rings. The fourth-order valence-corrected chi connectivity index (χ4v) is 5.52. The first kappa shape index (κ1) is 27.5. The lowest BCUT2D eigenvalue weighted by Gasteiger charge is -2.33. The van der Waals surface area contributed by atoms with Crippen molar-refractivity contribution in [3.63, 3.8) is 0 Å². The van der Waals surface area contributed by atoms with E-state index in [9.17, 15) is 14.4 Å². The number of nitrogens with zero attached hydrogens (tertiary/aromatic N) is 1. The number of amides is 2. The predicted molar refractivity (Wildman–Crippen MR) is 156 cm³/mol. The van der Waals surface area contributed by atoms with Crippen LogP contribution in [-0.2, 0) is 16.1 Å². The zero-order valence-corrected chi connectivity index (χ0v) is 23.6. The van der Waals surface area contributed by atoms with Crippen LogP contribution in [0.25, 0.3) is 10.9 Å². The van der Waals surface area contributed by atoms with Gasteiger partial charge in [-0.1, -0.05) is 18.2 Å². The molecule has 4 aromatic rings. The summed E-state index contributed by atoms with van der Waals surface area (Å²) in [6.45, 7) is 7.43. The third-order valence-electron chi connectivity index (χ3n) is 6.85. The number of esters is 1. The molecule has 1 aliphatic rings. The number of piperidine rings is 1. The van der Waals surface area contributed by atoms with E-state index in [0.29, 0.717) is 40.9 Å². The number of ether oxygens (including phenoxy) is 1. The first-order valence-electron chi connectivity index (χ1n) is 13.3. The Hall–Kier alpha value is -4.02. The molecule has 208 valence electrons. The summed E-state index contributed by atoms with van der Waals surface area (Å²) < 4.78 is 5.66. The van der Waals surface area contributed by atoms with Crippen molar-refractivity contribution >= 4 is 45.8 Å². The molecule has 2 unspecified atom stereocenters. The van der Waals surface area contributed by atoms with Crippen LogP contribution in [0.3, 0.4) is 0 Å². The number of hydrogen-bond acceptors (Lipinski definition) is 7. The van der Waals surface area contributed by atoms with Crippen molar-refractivity contribution in [2.24, 2.45) is 5.92 Å². The Bertz CT molecular complexity index is 1510. The summed E-state index contributed by atoms with van der Waals surface area (Å²) in [5.41, 5.74) is 2.10. The minimum atomic E-state index is -0.549. The molecule has 40 heavy (non-hydrogen) atoms. The summed E-state index contributed by atoms with van der Waals surface area (Å²) >= 11 is 1.58. The smallest absolute Gasteiger partial charge is 0.311 e. The summed E-state index contributed by atoms with van der Waals surface area (Å²) in [4.78, 5) is 39.7. The Morgan fingerprint density at radius 2 is 1.82 bits per heavy atom. The van der Waals surface area contributed by atoms with Gasteiger partial charge in [0.2, 0.25) is 0 Å². The first-order valence-corrected chi connectivity index (χ1v) is 14.2. The van der Waals surface area contributed by atoms with Crippen LogP contribution in [0.4, 0.5) is 5.82 Å². The molecular weight excluding hydrogens is 526 g/mol. The molecular formula is C30H33N5O4S. The van der Waals surface area contributed by atoms with E-state index in [4.69, 9.17) is 4.74 Å². The number of aromatic nitrogens is 2. The zero-order chi connectivity index (χ0) is 28.3. The van der Waals surface area contributed by atoms with Crippen molar-refractivity contribution in [3.8, 4) is 0 Å². The van der Waals surface area contributed by atoms with E-state index in [0.717, 1.165) is 23.4 Å². The molecule has 10 heteroatoms. The van der Waals surface area contributed by atoms with Crippen molar-refractivity contribution in [1.29, 1.82) is 0 Å². The highest BCUT2D eigenvalue weighted by Crippen LogP contribution is 2.32. The molecule has 3 heterocycles. The van der Waals surface area contributed by atoms with Gasteiger partial charge in [-0.25, -0.2) is 0 Å². The second-order valence-electron chi connectivity index (χ2n) is 10.9. The quantitative estimate of drug-likeness (QED) is 0.240. The van der Waals surface area contributed by atoms with Crippen LogP contribution in [-0.4, -0.2) is 46.7 Å². The van der Waals surface area contributed by atoms with E-state index in [-0.39, 0.29) is 29.6 Å². The number of thiophene rings is 1. The first-order chi connectivity index (χ1) is 19.2. The topological polar surface area (TPSA) is 125 Å². The largest absolute Gasteiger partial charge is 0.460 e. The van der Waals surface area contributed by atoms with Gasteiger partial charge in [0.05, 0.1) is 18.0 Å². The lowest BCUT2D eigenvalue weighted by atomic mass is 9.81. The van der Waals surface area contributed by atoms with Gasteiger partial charge in [-0.3, -0.25) is 19.5 Å². The summed E-state index contributed by atoms with van der Waals surface area (Å²) in [6.07, 6.45) is 0.804. The Morgan fingerprint density at radius 3 is 2.55 bits per heavy atom.